The second-order valence-electron chi connectivity index (χ2n) is 17.4. The van der Waals surface area contributed by atoms with Crippen LogP contribution in [-0.2, 0) is 37.1 Å². The van der Waals surface area contributed by atoms with Crippen LogP contribution in [-0.4, -0.2) is 75.1 Å². The number of nitrogens with one attached hydrogen (secondary N) is 5. The number of fused-ring (bicyclic) bond motifs is 4. The normalized spacial score (nSPS) is 16.3. The standard InChI is InChI=1S/C48H52N12O4/c1-6-60-40(22-36(57-60)30-15-16-30)54-44-42-34-20-25(2)33(41-27(4)58-64-28(41)5)21-37(34)53-43(42)55-45(56-44)47(62)49-19-18-31-23-50-39(52-31)13-8-7-10-29-11-9-12-32-35(29)24-59(48(32)63)38-17-14-26(3)51-46(38)61/h9,11-12,20-23,30,38H,3,6-8,10,13-19,24H2,1-2,4-5H3,(H,49,62)(H,50,52)(H,51,61)(H2,53,54,55,56). The van der Waals surface area contributed by atoms with E-state index >= 15 is 0 Å². The van der Waals surface area contributed by atoms with Crippen LogP contribution in [0.4, 0.5) is 11.6 Å². The maximum Gasteiger partial charge on any atom is 0.289 e. The lowest BCUT2D eigenvalue weighted by molar-refractivity contribution is -0.126. The summed E-state index contributed by atoms with van der Waals surface area (Å²) in [4.78, 5) is 62.7. The predicted octanol–water partition coefficient (Wildman–Crippen LogP) is 7.54. The van der Waals surface area contributed by atoms with Crippen molar-refractivity contribution in [2.24, 2.45) is 0 Å². The number of imidazole rings is 1. The number of H-pyrrole nitrogens is 2. The third-order valence-corrected chi connectivity index (χ3v) is 12.9. The summed E-state index contributed by atoms with van der Waals surface area (Å²) in [6.45, 7) is 13.3. The number of benzene rings is 2. The third-order valence-electron chi connectivity index (χ3n) is 12.9. The second-order valence-corrected chi connectivity index (χ2v) is 17.4. The van der Waals surface area contributed by atoms with Gasteiger partial charge in [0.15, 0.2) is 0 Å². The van der Waals surface area contributed by atoms with Gasteiger partial charge in [-0.15, -0.1) is 0 Å². The van der Waals surface area contributed by atoms with Crippen LogP contribution >= 0.6 is 0 Å². The monoisotopic (exact) mass is 860 g/mol. The Morgan fingerprint density at radius 3 is 2.62 bits per heavy atom. The van der Waals surface area contributed by atoms with Gasteiger partial charge in [-0.1, -0.05) is 23.9 Å². The largest absolute Gasteiger partial charge is 0.361 e. The molecule has 5 N–H and O–H groups in total. The van der Waals surface area contributed by atoms with Gasteiger partial charge in [-0.25, -0.2) is 19.6 Å². The van der Waals surface area contributed by atoms with Gasteiger partial charge in [0.05, 0.1) is 16.8 Å². The van der Waals surface area contributed by atoms with Crippen molar-refractivity contribution in [3.05, 3.63) is 112 Å². The van der Waals surface area contributed by atoms with E-state index in [1.54, 1.807) is 4.90 Å². The van der Waals surface area contributed by atoms with Crippen molar-refractivity contribution in [1.29, 1.82) is 0 Å². The zero-order chi connectivity index (χ0) is 44.2. The lowest BCUT2D eigenvalue weighted by atomic mass is 9.97. The van der Waals surface area contributed by atoms with E-state index in [9.17, 15) is 14.4 Å². The number of carbonyl (C=O) groups is 3. The quantitative estimate of drug-likeness (QED) is 0.0641. The van der Waals surface area contributed by atoms with Crippen LogP contribution in [0.1, 0.15) is 118 Å². The first-order valence-corrected chi connectivity index (χ1v) is 22.4. The number of hydrogen-bond donors (Lipinski definition) is 5. The number of unbranched alkanes of at least 4 members (excludes halogenated alkanes) is 1. The zero-order valence-corrected chi connectivity index (χ0v) is 36.7. The first kappa shape index (κ1) is 40.9. The van der Waals surface area contributed by atoms with Crippen LogP contribution in [0.3, 0.4) is 0 Å². The third kappa shape index (κ3) is 7.70. The van der Waals surface area contributed by atoms with Crippen molar-refractivity contribution in [1.82, 2.24) is 55.4 Å². The number of anilines is 2. The van der Waals surface area contributed by atoms with Gasteiger partial charge in [0, 0.05) is 84.1 Å². The van der Waals surface area contributed by atoms with Crippen molar-refractivity contribution in [2.45, 2.75) is 111 Å². The first-order valence-electron chi connectivity index (χ1n) is 22.4. The van der Waals surface area contributed by atoms with E-state index in [4.69, 9.17) is 19.6 Å². The van der Waals surface area contributed by atoms with Crippen LogP contribution in [0.2, 0.25) is 0 Å². The SMILES string of the molecule is C=C1CCC(N2Cc3c(CCCCc4ncc(CCNC(=O)c5nc(Nc6cc(C7CC7)nn6CC)c6c(n5)[nH]c5cc(-c7c(C)noc7C)c(C)cc56)[nH]4)cccc3C2=O)C(=O)N1. The van der Waals surface area contributed by atoms with E-state index in [-0.39, 0.29) is 23.5 Å². The highest BCUT2D eigenvalue weighted by Crippen LogP contribution is 2.42. The molecule has 7 aromatic rings. The molecule has 1 atom stereocenters. The molecule has 7 heterocycles. The summed E-state index contributed by atoms with van der Waals surface area (Å²) in [5.74, 6) is 2.88. The van der Waals surface area contributed by atoms with Crippen molar-refractivity contribution < 1.29 is 18.9 Å². The van der Waals surface area contributed by atoms with Crippen LogP contribution < -0.4 is 16.0 Å². The average molecular weight is 861 g/mol. The Morgan fingerprint density at radius 1 is 1.00 bits per heavy atom. The molecule has 328 valence electrons. The van der Waals surface area contributed by atoms with Crippen molar-refractivity contribution >= 4 is 51.3 Å². The minimum absolute atomic E-state index is 0.0476. The number of allylic oxidation sites excluding steroid dienone is 1. The highest BCUT2D eigenvalue weighted by Gasteiger charge is 2.39. The number of amides is 3. The summed E-state index contributed by atoms with van der Waals surface area (Å²) in [5, 5.41) is 20.1. The summed E-state index contributed by atoms with van der Waals surface area (Å²) in [6.07, 6.45) is 9.34. The van der Waals surface area contributed by atoms with E-state index in [0.717, 1.165) is 117 Å². The molecule has 1 saturated carbocycles. The maximum atomic E-state index is 13.8. The molecule has 1 saturated heterocycles. The number of aromatic amines is 2. The molecule has 0 spiro atoms. The molecular formula is C48H52N12O4. The van der Waals surface area contributed by atoms with E-state index < -0.39 is 6.04 Å². The number of piperidine rings is 1. The molecule has 16 nitrogen and oxygen atoms in total. The van der Waals surface area contributed by atoms with Gasteiger partial charge in [-0.2, -0.15) is 5.10 Å². The topological polar surface area (TPSA) is 205 Å². The summed E-state index contributed by atoms with van der Waals surface area (Å²) >= 11 is 0. The highest BCUT2D eigenvalue weighted by atomic mass is 16.5. The Morgan fingerprint density at radius 2 is 1.84 bits per heavy atom. The molecule has 2 aliphatic heterocycles. The van der Waals surface area contributed by atoms with Gasteiger partial charge in [0.2, 0.25) is 11.7 Å². The molecule has 64 heavy (non-hydrogen) atoms. The van der Waals surface area contributed by atoms with E-state index in [2.05, 4.69) is 80.8 Å². The van der Waals surface area contributed by atoms with E-state index in [1.807, 2.05) is 36.9 Å². The summed E-state index contributed by atoms with van der Waals surface area (Å²) < 4.78 is 7.45. The van der Waals surface area contributed by atoms with Gasteiger partial charge in [-0.05, 0) is 113 Å². The Hall–Kier alpha value is -7.10. The average Bonchev–Trinajstić information content (AvgIpc) is 3.52. The molecule has 16 heteroatoms. The molecule has 2 aromatic carbocycles. The smallest absolute Gasteiger partial charge is 0.289 e. The minimum Gasteiger partial charge on any atom is -0.361 e. The molecule has 0 radical (unpaired) electrons. The maximum absolute atomic E-state index is 13.8. The predicted molar refractivity (Wildman–Crippen MR) is 242 cm³/mol. The lowest BCUT2D eigenvalue weighted by Crippen LogP contribution is -2.49. The van der Waals surface area contributed by atoms with E-state index in [0.29, 0.717) is 67.5 Å². The van der Waals surface area contributed by atoms with Gasteiger partial charge in [0.1, 0.15) is 34.9 Å². The Kier molecular flexibility index (Phi) is 10.6. The van der Waals surface area contributed by atoms with Crippen LogP contribution in [0, 0.1) is 20.8 Å². The van der Waals surface area contributed by atoms with Gasteiger partial charge in [0.25, 0.3) is 11.8 Å². The fraction of sp³-hybridized carbons (Fsp3) is 0.375. The second kappa shape index (κ2) is 16.5. The minimum atomic E-state index is -0.472. The number of aromatic nitrogens is 8. The summed E-state index contributed by atoms with van der Waals surface area (Å²) in [5.41, 5.74) is 10.8. The molecule has 1 unspecified atom stereocenters. The highest BCUT2D eigenvalue weighted by molar-refractivity contribution is 6.13. The molecule has 2 fully saturated rings. The summed E-state index contributed by atoms with van der Waals surface area (Å²) in [7, 11) is 0. The van der Waals surface area contributed by atoms with E-state index in [1.165, 1.54) is 0 Å². The van der Waals surface area contributed by atoms with Crippen LogP contribution in [0.15, 0.2) is 59.4 Å². The fourth-order valence-electron chi connectivity index (χ4n) is 9.38. The van der Waals surface area contributed by atoms with Crippen molar-refractivity contribution in [2.75, 3.05) is 11.9 Å². The molecular weight excluding hydrogens is 809 g/mol. The Balaban J connectivity index is 0.800. The molecule has 10 rings (SSSR count). The molecule has 3 amide bonds. The van der Waals surface area contributed by atoms with Gasteiger partial charge in [-0.3, -0.25) is 14.4 Å². The summed E-state index contributed by atoms with van der Waals surface area (Å²) in [6, 6.07) is 11.7. The van der Waals surface area contributed by atoms with Crippen molar-refractivity contribution in [3.63, 3.8) is 0 Å². The van der Waals surface area contributed by atoms with Crippen LogP contribution in [0.25, 0.3) is 33.1 Å². The Labute approximate surface area is 369 Å². The fourth-order valence-corrected chi connectivity index (χ4v) is 9.38. The molecule has 1 aliphatic carbocycles. The number of aryl methyl sites for hydroxylation is 6. The van der Waals surface area contributed by atoms with Crippen molar-refractivity contribution in [3.8, 4) is 11.1 Å². The number of carbonyl (C=O) groups excluding carboxylic acids is 3. The number of nitrogens with zero attached hydrogens (tertiary/aromatic N) is 7. The zero-order valence-electron chi connectivity index (χ0n) is 36.7. The molecule has 3 aliphatic rings. The van der Waals surface area contributed by atoms with Gasteiger partial charge >= 0.3 is 0 Å². The Bertz CT molecular complexity index is 2980. The molecule has 0 bridgehead atoms. The van der Waals surface area contributed by atoms with Crippen LogP contribution in [0.5, 0.6) is 0 Å². The van der Waals surface area contributed by atoms with Gasteiger partial charge < -0.3 is 35.3 Å². The number of hydrogen-bond acceptors (Lipinski definition) is 10. The first-order chi connectivity index (χ1) is 31.0. The lowest BCUT2D eigenvalue weighted by Gasteiger charge is -2.31. The molecule has 5 aromatic heterocycles. The number of rotatable bonds is 15.